The van der Waals surface area contributed by atoms with Crippen LogP contribution in [0.4, 0.5) is 17.6 Å². The van der Waals surface area contributed by atoms with Crippen LogP contribution in [-0.2, 0) is 0 Å². The highest BCUT2D eigenvalue weighted by Crippen LogP contribution is 2.33. The van der Waals surface area contributed by atoms with Crippen LogP contribution in [0, 0.1) is 5.92 Å². The van der Waals surface area contributed by atoms with Gasteiger partial charge in [0.15, 0.2) is 0 Å². The number of pyridine rings is 1. The van der Waals surface area contributed by atoms with Crippen LogP contribution in [0.3, 0.4) is 0 Å². The molecule has 0 aromatic carbocycles. The Kier molecular flexibility index (Phi) is 5.61. The summed E-state index contributed by atoms with van der Waals surface area (Å²) in [6.45, 7) is 7.33. The number of piperidine rings is 1. The van der Waals surface area contributed by atoms with Crippen LogP contribution in [0.2, 0.25) is 0 Å². The summed E-state index contributed by atoms with van der Waals surface area (Å²) in [4.78, 5) is 33.8. The molecule has 2 aromatic heterocycles. The largest absolute Gasteiger partial charge is 0.357 e. The van der Waals surface area contributed by atoms with Crippen LogP contribution < -0.4 is 15.1 Å². The van der Waals surface area contributed by atoms with E-state index in [9.17, 15) is 4.79 Å². The first-order valence-corrected chi connectivity index (χ1v) is 11.6. The van der Waals surface area contributed by atoms with E-state index in [1.165, 1.54) is 0 Å². The predicted molar refractivity (Wildman–Crippen MR) is 122 cm³/mol. The van der Waals surface area contributed by atoms with Gasteiger partial charge in [-0.05, 0) is 50.7 Å². The minimum absolute atomic E-state index is 0.0830. The number of nitrogens with zero attached hydrogens (tertiary/aromatic N) is 6. The maximum Gasteiger partial charge on any atom is 0.259 e. The Labute approximate surface area is 183 Å². The van der Waals surface area contributed by atoms with E-state index in [4.69, 9.17) is 4.98 Å². The van der Waals surface area contributed by atoms with Gasteiger partial charge in [0.25, 0.3) is 5.91 Å². The first-order chi connectivity index (χ1) is 15.2. The van der Waals surface area contributed by atoms with Crippen molar-refractivity contribution in [2.24, 2.45) is 5.92 Å². The van der Waals surface area contributed by atoms with Gasteiger partial charge < -0.3 is 20.0 Å². The number of nitrogens with one attached hydrogen (secondary N) is 1. The summed E-state index contributed by atoms with van der Waals surface area (Å²) < 4.78 is 0. The second-order valence-corrected chi connectivity index (χ2v) is 8.78. The number of rotatable bonds is 5. The van der Waals surface area contributed by atoms with Gasteiger partial charge in [0.2, 0.25) is 5.95 Å². The van der Waals surface area contributed by atoms with E-state index in [1.54, 1.807) is 6.20 Å². The molecule has 0 bridgehead atoms. The van der Waals surface area contributed by atoms with Gasteiger partial charge in [-0.15, -0.1) is 0 Å². The van der Waals surface area contributed by atoms with Crippen molar-refractivity contribution >= 4 is 23.5 Å². The van der Waals surface area contributed by atoms with Crippen LogP contribution in [0.25, 0.3) is 0 Å². The highest BCUT2D eigenvalue weighted by molar-refractivity contribution is 5.99. The van der Waals surface area contributed by atoms with Crippen molar-refractivity contribution in [1.29, 1.82) is 0 Å². The van der Waals surface area contributed by atoms with Crippen LogP contribution in [0.5, 0.6) is 0 Å². The first-order valence-electron chi connectivity index (χ1n) is 11.6. The molecule has 3 aliphatic rings. The average molecular weight is 422 g/mol. The van der Waals surface area contributed by atoms with Gasteiger partial charge in [-0.1, -0.05) is 6.07 Å². The standard InChI is InChI=1S/C23H31N7O/c1-2-24-23-26-14-19-21(27-23)30-11-5-6-18(30)16-29(22(19)31)15-17-8-12-28(13-9-17)20-7-3-4-10-25-20/h3-4,7,10,14,17-18H,2,5-6,8-9,11-13,15-16H2,1H3,(H,24,26,27)/t18-/m0/s1. The fourth-order valence-corrected chi connectivity index (χ4v) is 5.15. The molecule has 8 nitrogen and oxygen atoms in total. The second kappa shape index (κ2) is 8.69. The van der Waals surface area contributed by atoms with E-state index in [1.807, 2.05) is 25.3 Å². The predicted octanol–water partition coefficient (Wildman–Crippen LogP) is 2.64. The van der Waals surface area contributed by atoms with Crippen molar-refractivity contribution in [3.8, 4) is 0 Å². The van der Waals surface area contributed by atoms with Crippen LogP contribution in [-0.4, -0.2) is 71.1 Å². The van der Waals surface area contributed by atoms with Crippen molar-refractivity contribution in [3.05, 3.63) is 36.2 Å². The van der Waals surface area contributed by atoms with Gasteiger partial charge in [0, 0.05) is 57.7 Å². The first kappa shape index (κ1) is 20.0. The summed E-state index contributed by atoms with van der Waals surface area (Å²) in [7, 11) is 0. The monoisotopic (exact) mass is 421 g/mol. The lowest BCUT2D eigenvalue weighted by Crippen LogP contribution is -2.44. The molecule has 2 aromatic rings. The molecule has 1 N–H and O–H groups in total. The molecule has 164 valence electrons. The van der Waals surface area contributed by atoms with E-state index < -0.39 is 0 Å². The number of carbonyl (C=O) groups excluding carboxylic acids is 1. The summed E-state index contributed by atoms with van der Waals surface area (Å²) in [5.41, 5.74) is 0.650. The number of aromatic nitrogens is 3. The Balaban J connectivity index is 1.31. The number of carbonyl (C=O) groups is 1. The Morgan fingerprint density at radius 1 is 1.13 bits per heavy atom. The summed E-state index contributed by atoms with van der Waals surface area (Å²) >= 11 is 0. The van der Waals surface area contributed by atoms with Crippen molar-refractivity contribution < 1.29 is 4.79 Å². The van der Waals surface area contributed by atoms with Crippen LogP contribution >= 0.6 is 0 Å². The molecule has 31 heavy (non-hydrogen) atoms. The maximum atomic E-state index is 13.5. The lowest BCUT2D eigenvalue weighted by atomic mass is 9.95. The zero-order chi connectivity index (χ0) is 21.2. The molecule has 0 unspecified atom stereocenters. The topological polar surface area (TPSA) is 77.5 Å². The number of hydrogen-bond donors (Lipinski definition) is 1. The van der Waals surface area contributed by atoms with Gasteiger partial charge in [0.1, 0.15) is 17.2 Å². The normalized spacial score (nSPS) is 21.6. The van der Waals surface area contributed by atoms with E-state index in [0.717, 1.165) is 76.6 Å². The lowest BCUT2D eigenvalue weighted by molar-refractivity contribution is 0.0716. The zero-order valence-corrected chi connectivity index (χ0v) is 18.2. The Morgan fingerprint density at radius 3 is 2.77 bits per heavy atom. The third-order valence-corrected chi connectivity index (χ3v) is 6.77. The highest BCUT2D eigenvalue weighted by atomic mass is 16.2. The van der Waals surface area contributed by atoms with Gasteiger partial charge in [-0.2, -0.15) is 4.98 Å². The third-order valence-electron chi connectivity index (χ3n) is 6.77. The van der Waals surface area contributed by atoms with Crippen molar-refractivity contribution in [2.45, 2.75) is 38.6 Å². The molecule has 3 aliphatic heterocycles. The van der Waals surface area contributed by atoms with Crippen molar-refractivity contribution in [3.63, 3.8) is 0 Å². The minimum atomic E-state index is 0.0830. The molecule has 5 heterocycles. The number of anilines is 3. The molecular weight excluding hydrogens is 390 g/mol. The second-order valence-electron chi connectivity index (χ2n) is 8.78. The van der Waals surface area contributed by atoms with E-state index >= 15 is 0 Å². The molecule has 0 radical (unpaired) electrons. The number of fused-ring (bicyclic) bond motifs is 3. The molecule has 0 saturated carbocycles. The summed E-state index contributed by atoms with van der Waals surface area (Å²) in [6, 6.07) is 6.42. The summed E-state index contributed by atoms with van der Waals surface area (Å²) in [5.74, 6) is 3.07. The van der Waals surface area contributed by atoms with Crippen LogP contribution in [0.1, 0.15) is 43.0 Å². The quantitative estimate of drug-likeness (QED) is 0.795. The highest BCUT2D eigenvalue weighted by Gasteiger charge is 2.37. The van der Waals surface area contributed by atoms with Gasteiger partial charge in [-0.3, -0.25) is 4.79 Å². The zero-order valence-electron chi connectivity index (χ0n) is 18.2. The lowest BCUT2D eigenvalue weighted by Gasteiger charge is -2.36. The fourth-order valence-electron chi connectivity index (χ4n) is 5.15. The third kappa shape index (κ3) is 4.03. The SMILES string of the molecule is CCNc1ncc2c(n1)N1CCC[C@H]1CN(CC1CCN(c3ccccn3)CC1)C2=O. The fraction of sp³-hybridized carbons (Fsp3) is 0.565. The van der Waals surface area contributed by atoms with E-state index in [-0.39, 0.29) is 5.91 Å². The maximum absolute atomic E-state index is 13.5. The molecular formula is C23H31N7O. The Hall–Kier alpha value is -2.90. The molecule has 2 saturated heterocycles. The van der Waals surface area contributed by atoms with Crippen LogP contribution in [0.15, 0.2) is 30.6 Å². The Bertz CT molecular complexity index is 913. The number of amides is 1. The van der Waals surface area contributed by atoms with Gasteiger partial charge >= 0.3 is 0 Å². The Morgan fingerprint density at radius 2 is 2.00 bits per heavy atom. The molecule has 2 fully saturated rings. The van der Waals surface area contributed by atoms with Crippen molar-refractivity contribution in [1.82, 2.24) is 19.9 Å². The van der Waals surface area contributed by atoms with E-state index in [2.05, 4.69) is 36.1 Å². The number of hydrogen-bond acceptors (Lipinski definition) is 7. The molecule has 0 aliphatic carbocycles. The molecule has 8 heteroatoms. The molecule has 1 amide bonds. The smallest absolute Gasteiger partial charge is 0.259 e. The van der Waals surface area contributed by atoms with Gasteiger partial charge in [-0.25, -0.2) is 9.97 Å². The van der Waals surface area contributed by atoms with Gasteiger partial charge in [0.05, 0.1) is 0 Å². The van der Waals surface area contributed by atoms with Crippen molar-refractivity contribution in [2.75, 3.05) is 54.4 Å². The molecule has 1 atom stereocenters. The summed E-state index contributed by atoms with van der Waals surface area (Å²) in [5, 5.41) is 3.18. The summed E-state index contributed by atoms with van der Waals surface area (Å²) in [6.07, 6.45) is 8.00. The van der Waals surface area contributed by atoms with E-state index in [0.29, 0.717) is 23.5 Å². The average Bonchev–Trinajstić information content (AvgIpc) is 3.24. The minimum Gasteiger partial charge on any atom is -0.357 e. The molecule has 0 spiro atoms. The molecule has 5 rings (SSSR count).